The second-order valence-electron chi connectivity index (χ2n) is 7.23. The number of carbonyl (C=O) groups excluding carboxylic acids is 2. The number of nitrogens with one attached hydrogen (secondary N) is 1. The summed E-state index contributed by atoms with van der Waals surface area (Å²) in [5, 5.41) is 8.51. The molecule has 1 aromatic heterocycles. The topological polar surface area (TPSA) is 74.7 Å². The molecule has 0 saturated carbocycles. The molecule has 7 heteroatoms. The van der Waals surface area contributed by atoms with Crippen molar-refractivity contribution in [3.05, 3.63) is 47.2 Å². The van der Waals surface area contributed by atoms with Gasteiger partial charge in [0.25, 0.3) is 0 Å². The number of hydrogen-bond acceptors (Lipinski definition) is 5. The zero-order chi connectivity index (χ0) is 20.2. The van der Waals surface area contributed by atoms with E-state index in [2.05, 4.69) is 15.4 Å². The van der Waals surface area contributed by atoms with Crippen LogP contribution in [0.1, 0.15) is 31.1 Å². The van der Waals surface area contributed by atoms with Crippen molar-refractivity contribution in [3.8, 4) is 11.1 Å². The number of benzene rings is 1. The van der Waals surface area contributed by atoms with Crippen LogP contribution in [0.5, 0.6) is 0 Å². The van der Waals surface area contributed by atoms with Gasteiger partial charge < -0.3 is 10.3 Å². The molecule has 2 aromatic rings. The van der Waals surface area contributed by atoms with E-state index in [4.69, 9.17) is 11.6 Å². The van der Waals surface area contributed by atoms with Crippen molar-refractivity contribution in [2.75, 3.05) is 19.4 Å². The normalized spacial score (nSPS) is 11.5. The lowest BCUT2D eigenvalue weighted by molar-refractivity contribution is -0.123. The summed E-state index contributed by atoms with van der Waals surface area (Å²) < 4.78 is 0. The highest BCUT2D eigenvalue weighted by atomic mass is 35.5. The van der Waals surface area contributed by atoms with Crippen molar-refractivity contribution in [1.82, 2.24) is 9.99 Å². The van der Waals surface area contributed by atoms with Crippen molar-refractivity contribution < 1.29 is 9.59 Å². The van der Waals surface area contributed by atoms with Crippen molar-refractivity contribution in [3.63, 3.8) is 0 Å². The van der Waals surface area contributed by atoms with E-state index in [9.17, 15) is 9.59 Å². The second-order valence-corrected chi connectivity index (χ2v) is 7.59. The average molecular weight is 387 g/mol. The molecule has 0 fully saturated rings. The fourth-order valence-electron chi connectivity index (χ4n) is 2.26. The van der Waals surface area contributed by atoms with Crippen LogP contribution in [-0.2, 0) is 4.79 Å². The van der Waals surface area contributed by atoms with Crippen LogP contribution in [0.2, 0.25) is 5.15 Å². The number of rotatable bonds is 5. The molecule has 1 amide bonds. The van der Waals surface area contributed by atoms with E-state index in [-0.39, 0.29) is 22.4 Å². The number of pyridine rings is 1. The number of nitrogens with zero attached hydrogens (tertiary/aromatic N) is 3. The molecule has 1 N–H and O–H groups in total. The summed E-state index contributed by atoms with van der Waals surface area (Å²) >= 11 is 6.23. The zero-order valence-electron chi connectivity index (χ0n) is 16.1. The molecular formula is C20H23ClN4O2. The predicted molar refractivity (Wildman–Crippen MR) is 109 cm³/mol. The molecule has 0 radical (unpaired) electrons. The monoisotopic (exact) mass is 386 g/mol. The number of amides is 1. The van der Waals surface area contributed by atoms with Gasteiger partial charge in [-0.2, -0.15) is 5.10 Å². The number of hydrogen-bond donors (Lipinski definition) is 1. The van der Waals surface area contributed by atoms with E-state index in [1.807, 2.05) is 39.0 Å². The van der Waals surface area contributed by atoms with Crippen molar-refractivity contribution in [1.29, 1.82) is 0 Å². The van der Waals surface area contributed by atoms with E-state index in [0.29, 0.717) is 16.8 Å². The highest BCUT2D eigenvalue weighted by molar-refractivity contribution is 6.43. The lowest BCUT2D eigenvalue weighted by Gasteiger charge is -2.20. The van der Waals surface area contributed by atoms with E-state index < -0.39 is 5.41 Å². The zero-order valence-corrected chi connectivity index (χ0v) is 16.8. The maximum atomic E-state index is 12.7. The van der Waals surface area contributed by atoms with Gasteiger partial charge in [-0.1, -0.05) is 50.6 Å². The van der Waals surface area contributed by atoms with Gasteiger partial charge in [-0.05, 0) is 17.7 Å². The summed E-state index contributed by atoms with van der Waals surface area (Å²) in [5.41, 5.74) is 1.54. The Balaban J connectivity index is 2.56. The number of anilines is 1. The third kappa shape index (κ3) is 5.14. The van der Waals surface area contributed by atoms with Crippen LogP contribution >= 0.6 is 11.6 Å². The molecule has 0 unspecified atom stereocenters. The van der Waals surface area contributed by atoms with E-state index in [1.54, 1.807) is 26.2 Å². The Labute approximate surface area is 164 Å². The molecule has 142 valence electrons. The second kappa shape index (κ2) is 8.31. The van der Waals surface area contributed by atoms with Crippen LogP contribution in [0.3, 0.4) is 0 Å². The number of aromatic nitrogens is 1. The Bertz CT molecular complexity index is 886. The van der Waals surface area contributed by atoms with Crippen LogP contribution in [-0.4, -0.2) is 42.0 Å². The lowest BCUT2D eigenvalue weighted by atomic mass is 9.94. The number of Topliss-reactive ketones (excluding diaryl/α,β-unsaturated/α-hetero) is 1. The van der Waals surface area contributed by atoms with Crippen molar-refractivity contribution >= 4 is 35.2 Å². The minimum absolute atomic E-state index is 0.0830. The van der Waals surface area contributed by atoms with Gasteiger partial charge in [-0.15, -0.1) is 0 Å². The number of carbonyl (C=O) groups is 2. The number of halogens is 1. The summed E-state index contributed by atoms with van der Waals surface area (Å²) in [5.74, 6) is -0.495. The van der Waals surface area contributed by atoms with Crippen LogP contribution in [0.15, 0.2) is 41.6 Å². The van der Waals surface area contributed by atoms with Gasteiger partial charge in [0, 0.05) is 37.0 Å². The SMILES string of the molecule is CN(C)/N=C/C(=O)c1c(-c2ccccc2NC(=O)C(C)(C)C)ccnc1Cl. The molecule has 6 nitrogen and oxygen atoms in total. The van der Waals surface area contributed by atoms with Gasteiger partial charge >= 0.3 is 0 Å². The quantitative estimate of drug-likeness (QED) is 0.363. The molecule has 0 atom stereocenters. The summed E-state index contributed by atoms with van der Waals surface area (Å²) in [6.45, 7) is 5.50. The molecule has 2 rings (SSSR count). The van der Waals surface area contributed by atoms with E-state index >= 15 is 0 Å². The Morgan fingerprint density at radius 3 is 2.44 bits per heavy atom. The van der Waals surface area contributed by atoms with Crippen LogP contribution in [0.25, 0.3) is 11.1 Å². The standard InChI is InChI=1S/C20H23ClN4O2/c1-20(2,3)19(27)24-15-9-7-6-8-13(15)14-10-11-22-18(21)17(14)16(26)12-23-25(4)5/h6-12H,1-5H3,(H,24,27)/b23-12+. The Hall–Kier alpha value is -2.73. The number of para-hydroxylation sites is 1. The first-order chi connectivity index (χ1) is 12.6. The molecule has 27 heavy (non-hydrogen) atoms. The molecule has 0 aliphatic carbocycles. The molecule has 1 heterocycles. The van der Waals surface area contributed by atoms with Crippen molar-refractivity contribution in [2.24, 2.45) is 10.5 Å². The first-order valence-electron chi connectivity index (χ1n) is 8.42. The Kier molecular flexibility index (Phi) is 6.33. The summed E-state index contributed by atoms with van der Waals surface area (Å²) in [6, 6.07) is 8.96. The van der Waals surface area contributed by atoms with Gasteiger partial charge in [0.2, 0.25) is 11.7 Å². The average Bonchev–Trinajstić information content (AvgIpc) is 2.59. The van der Waals surface area contributed by atoms with Crippen LogP contribution in [0.4, 0.5) is 5.69 Å². The fraction of sp³-hybridized carbons (Fsp3) is 0.300. The fourth-order valence-corrected chi connectivity index (χ4v) is 2.52. The maximum Gasteiger partial charge on any atom is 0.229 e. The Morgan fingerprint density at radius 1 is 1.15 bits per heavy atom. The molecular weight excluding hydrogens is 364 g/mol. The predicted octanol–water partition coefficient (Wildman–Crippen LogP) is 4.12. The van der Waals surface area contributed by atoms with E-state index in [1.165, 1.54) is 17.4 Å². The smallest absolute Gasteiger partial charge is 0.229 e. The Morgan fingerprint density at radius 2 is 1.81 bits per heavy atom. The molecule has 0 saturated heterocycles. The minimum Gasteiger partial charge on any atom is -0.325 e. The van der Waals surface area contributed by atoms with Crippen molar-refractivity contribution in [2.45, 2.75) is 20.8 Å². The summed E-state index contributed by atoms with van der Waals surface area (Å²) in [6.07, 6.45) is 2.72. The molecule has 0 aliphatic rings. The maximum absolute atomic E-state index is 12.7. The highest BCUT2D eigenvalue weighted by Crippen LogP contribution is 2.34. The van der Waals surface area contributed by atoms with Crippen LogP contribution in [0, 0.1) is 5.41 Å². The molecule has 0 bridgehead atoms. The first-order valence-corrected chi connectivity index (χ1v) is 8.80. The van der Waals surface area contributed by atoms with Crippen LogP contribution < -0.4 is 5.32 Å². The first kappa shape index (κ1) is 20.6. The molecule has 0 spiro atoms. The third-order valence-corrected chi connectivity index (χ3v) is 3.99. The minimum atomic E-state index is -0.556. The number of hydrazone groups is 1. The van der Waals surface area contributed by atoms with Gasteiger partial charge in [0.1, 0.15) is 5.15 Å². The number of ketones is 1. The largest absolute Gasteiger partial charge is 0.325 e. The van der Waals surface area contributed by atoms with E-state index in [0.717, 1.165) is 0 Å². The highest BCUT2D eigenvalue weighted by Gasteiger charge is 2.23. The van der Waals surface area contributed by atoms with Gasteiger partial charge in [-0.3, -0.25) is 9.59 Å². The van der Waals surface area contributed by atoms with Gasteiger partial charge in [0.15, 0.2) is 0 Å². The summed E-state index contributed by atoms with van der Waals surface area (Å²) in [4.78, 5) is 29.1. The van der Waals surface area contributed by atoms with Gasteiger partial charge in [0.05, 0.1) is 11.8 Å². The van der Waals surface area contributed by atoms with Gasteiger partial charge in [-0.25, -0.2) is 4.98 Å². The lowest BCUT2D eigenvalue weighted by Crippen LogP contribution is -2.27. The molecule has 1 aromatic carbocycles. The summed E-state index contributed by atoms with van der Waals surface area (Å²) in [7, 11) is 3.43. The molecule has 0 aliphatic heterocycles. The third-order valence-electron chi connectivity index (χ3n) is 3.70.